The zero-order valence-electron chi connectivity index (χ0n) is 27.0. The molecule has 3 saturated heterocycles. The van der Waals surface area contributed by atoms with Gasteiger partial charge in [-0.3, -0.25) is 19.6 Å². The number of halogens is 1. The Bertz CT molecular complexity index is 1750. The second-order valence-corrected chi connectivity index (χ2v) is 13.7. The summed E-state index contributed by atoms with van der Waals surface area (Å²) in [6, 6.07) is 10.5. The lowest BCUT2D eigenvalue weighted by Gasteiger charge is -2.36. The van der Waals surface area contributed by atoms with Crippen LogP contribution in [0.5, 0.6) is 0 Å². The first-order chi connectivity index (χ1) is 23.0. The Balaban J connectivity index is 0.941. The van der Waals surface area contributed by atoms with E-state index in [1.807, 2.05) is 30.6 Å². The molecule has 0 spiro atoms. The van der Waals surface area contributed by atoms with Crippen molar-refractivity contribution in [2.24, 2.45) is 11.8 Å². The number of aromatic nitrogens is 4. The normalized spacial score (nSPS) is 25.4. The number of piperazine rings is 1. The molecule has 4 aliphatic rings. The molecule has 15 heteroatoms. The predicted octanol–water partition coefficient (Wildman–Crippen LogP) is 3.04. The van der Waals surface area contributed by atoms with Gasteiger partial charge in [0.2, 0.25) is 12.1 Å². The van der Waals surface area contributed by atoms with Crippen LogP contribution in [0.3, 0.4) is 0 Å². The molecule has 5 heterocycles. The summed E-state index contributed by atoms with van der Waals surface area (Å²) in [6.07, 6.45) is 3.02. The standard InChI is InChI=1S/C33H36FN9O5/c1-32(2,3)48-30(45)40-12-10-39(11-13-40)18-28(44)41-16-24-25(17-41)33(24,20-35)27-7-4-21(15-36-27)23-6-5-22(14-26(23)34)42-19-29(47-31(42)46)43-9-8-37-38-43/h4-9,14-15,24-25,29H,10-13,16-19H2,1-3H3/t24-,25+,29?,33+. The zero-order chi connectivity index (χ0) is 33.8. The number of fused-ring (bicyclic) bond motifs is 1. The van der Waals surface area contributed by atoms with Crippen molar-refractivity contribution >= 4 is 23.8 Å². The van der Waals surface area contributed by atoms with Crippen molar-refractivity contribution in [1.82, 2.24) is 34.7 Å². The topological polar surface area (TPSA) is 150 Å². The molecule has 3 aliphatic heterocycles. The van der Waals surface area contributed by atoms with Gasteiger partial charge in [0.1, 0.15) is 16.8 Å². The maximum atomic E-state index is 15.3. The summed E-state index contributed by atoms with van der Waals surface area (Å²) < 4.78 is 27.6. The highest BCUT2D eigenvalue weighted by molar-refractivity contribution is 5.90. The summed E-state index contributed by atoms with van der Waals surface area (Å²) in [5.74, 6) is -0.561. The molecule has 14 nitrogen and oxygen atoms in total. The predicted molar refractivity (Wildman–Crippen MR) is 168 cm³/mol. The van der Waals surface area contributed by atoms with Gasteiger partial charge in [0.15, 0.2) is 0 Å². The SMILES string of the molecule is CC(C)(C)OC(=O)N1CCN(CC(=O)N2C[C@@H]3[C@H](C2)[C@@]3(C#N)c2ccc(-c3ccc(N4CC(n5ccnn5)OC4=O)cc3F)cn2)CC1. The molecule has 1 saturated carbocycles. The fourth-order valence-electron chi connectivity index (χ4n) is 7.01. The Morgan fingerprint density at radius 3 is 2.44 bits per heavy atom. The average Bonchev–Trinajstić information content (AvgIpc) is 3.59. The van der Waals surface area contributed by atoms with E-state index in [-0.39, 0.29) is 36.9 Å². The molecule has 1 unspecified atom stereocenters. The van der Waals surface area contributed by atoms with Crippen LogP contribution in [0.2, 0.25) is 0 Å². The van der Waals surface area contributed by atoms with E-state index in [2.05, 4.69) is 21.4 Å². The number of nitriles is 1. The number of anilines is 1. The van der Waals surface area contributed by atoms with E-state index >= 15 is 4.39 Å². The van der Waals surface area contributed by atoms with E-state index in [4.69, 9.17) is 9.47 Å². The van der Waals surface area contributed by atoms with E-state index in [1.165, 1.54) is 21.8 Å². The lowest BCUT2D eigenvalue weighted by Crippen LogP contribution is -2.52. The average molecular weight is 658 g/mol. The van der Waals surface area contributed by atoms with Crippen LogP contribution in [-0.4, -0.2) is 111 Å². The minimum Gasteiger partial charge on any atom is -0.444 e. The number of benzene rings is 1. The molecule has 4 fully saturated rings. The third-order valence-corrected chi connectivity index (χ3v) is 9.60. The molecular weight excluding hydrogens is 621 g/mol. The molecule has 3 amide bonds. The highest BCUT2D eigenvalue weighted by Gasteiger charge is 2.71. The Hall–Kier alpha value is -5.10. The van der Waals surface area contributed by atoms with Gasteiger partial charge in [-0.25, -0.2) is 18.7 Å². The zero-order valence-corrected chi connectivity index (χ0v) is 27.0. The molecule has 0 bridgehead atoms. The van der Waals surface area contributed by atoms with Gasteiger partial charge >= 0.3 is 12.2 Å². The molecule has 1 aromatic carbocycles. The summed E-state index contributed by atoms with van der Waals surface area (Å²) in [4.78, 5) is 49.4. The molecule has 7 rings (SSSR count). The van der Waals surface area contributed by atoms with Crippen molar-refractivity contribution in [3.8, 4) is 17.2 Å². The summed E-state index contributed by atoms with van der Waals surface area (Å²) in [5.41, 5.74) is 0.474. The van der Waals surface area contributed by atoms with E-state index in [0.29, 0.717) is 61.8 Å². The number of likely N-dealkylation sites (tertiary alicyclic amines) is 1. The number of ether oxygens (including phenoxy) is 2. The minimum atomic E-state index is -0.784. The van der Waals surface area contributed by atoms with Crippen LogP contribution in [-0.2, 0) is 19.7 Å². The Morgan fingerprint density at radius 1 is 1.08 bits per heavy atom. The summed E-state index contributed by atoms with van der Waals surface area (Å²) in [5, 5.41) is 17.8. The van der Waals surface area contributed by atoms with Gasteiger partial charge in [0, 0.05) is 74.6 Å². The Kier molecular flexibility index (Phi) is 7.78. The minimum absolute atomic E-state index is 0.0121. The number of carbonyl (C=O) groups excluding carboxylic acids is 3. The number of rotatable bonds is 6. The lowest BCUT2D eigenvalue weighted by atomic mass is 9.95. The van der Waals surface area contributed by atoms with Crippen molar-refractivity contribution in [3.63, 3.8) is 0 Å². The number of piperidine rings is 1. The number of nitrogens with zero attached hydrogens (tertiary/aromatic N) is 9. The van der Waals surface area contributed by atoms with Crippen molar-refractivity contribution in [3.05, 3.63) is 60.4 Å². The molecular formula is C33H36FN9O5. The number of amides is 3. The number of cyclic esters (lactones) is 1. The molecule has 1 aliphatic carbocycles. The Labute approximate surface area is 276 Å². The molecule has 2 aromatic heterocycles. The highest BCUT2D eigenvalue weighted by atomic mass is 19.1. The van der Waals surface area contributed by atoms with Crippen molar-refractivity contribution < 1.29 is 28.2 Å². The van der Waals surface area contributed by atoms with Crippen molar-refractivity contribution in [1.29, 1.82) is 5.26 Å². The van der Waals surface area contributed by atoms with Crippen LogP contribution < -0.4 is 4.90 Å². The maximum absolute atomic E-state index is 15.3. The molecule has 3 aromatic rings. The van der Waals surface area contributed by atoms with Gasteiger partial charge in [0.05, 0.1) is 36.7 Å². The van der Waals surface area contributed by atoms with E-state index < -0.39 is 29.2 Å². The highest BCUT2D eigenvalue weighted by Crippen LogP contribution is 2.62. The van der Waals surface area contributed by atoms with Gasteiger partial charge in [-0.15, -0.1) is 5.10 Å². The fourth-order valence-corrected chi connectivity index (χ4v) is 7.01. The first-order valence-corrected chi connectivity index (χ1v) is 16.0. The first-order valence-electron chi connectivity index (χ1n) is 16.0. The van der Waals surface area contributed by atoms with Crippen LogP contribution in [0.1, 0.15) is 32.7 Å². The largest absolute Gasteiger partial charge is 0.444 e. The summed E-state index contributed by atoms with van der Waals surface area (Å²) in [6.45, 7) is 9.05. The van der Waals surface area contributed by atoms with Crippen molar-refractivity contribution in [2.45, 2.75) is 38.0 Å². The molecule has 48 heavy (non-hydrogen) atoms. The lowest BCUT2D eigenvalue weighted by molar-refractivity contribution is -0.132. The Morgan fingerprint density at radius 2 is 1.83 bits per heavy atom. The third kappa shape index (κ3) is 5.70. The molecule has 0 N–H and O–H groups in total. The van der Waals surface area contributed by atoms with Crippen LogP contribution in [0.4, 0.5) is 19.7 Å². The maximum Gasteiger partial charge on any atom is 0.416 e. The number of hydrogen-bond donors (Lipinski definition) is 0. The quantitative estimate of drug-likeness (QED) is 0.387. The van der Waals surface area contributed by atoms with Gasteiger partial charge in [-0.2, -0.15) is 5.26 Å². The van der Waals surface area contributed by atoms with Gasteiger partial charge in [0.25, 0.3) is 0 Å². The smallest absolute Gasteiger partial charge is 0.416 e. The third-order valence-electron chi connectivity index (χ3n) is 9.60. The van der Waals surface area contributed by atoms with Crippen molar-refractivity contribution in [2.75, 3.05) is 57.3 Å². The second-order valence-electron chi connectivity index (χ2n) is 13.7. The summed E-state index contributed by atoms with van der Waals surface area (Å²) >= 11 is 0. The van der Waals surface area contributed by atoms with E-state index in [0.717, 1.165) is 0 Å². The van der Waals surface area contributed by atoms with Crippen LogP contribution in [0.25, 0.3) is 11.1 Å². The first kappa shape index (κ1) is 31.5. The van der Waals surface area contributed by atoms with Gasteiger partial charge < -0.3 is 19.3 Å². The fraction of sp³-hybridized carbons (Fsp3) is 0.485. The van der Waals surface area contributed by atoms with Crippen LogP contribution >= 0.6 is 0 Å². The van der Waals surface area contributed by atoms with Gasteiger partial charge in [-0.05, 0) is 45.0 Å². The van der Waals surface area contributed by atoms with Crippen LogP contribution in [0.15, 0.2) is 48.9 Å². The van der Waals surface area contributed by atoms with E-state index in [9.17, 15) is 19.6 Å². The molecule has 4 atom stereocenters. The van der Waals surface area contributed by atoms with E-state index in [1.54, 1.807) is 41.6 Å². The second kappa shape index (κ2) is 11.9. The van der Waals surface area contributed by atoms with Gasteiger partial charge in [-0.1, -0.05) is 11.3 Å². The molecule has 0 radical (unpaired) electrons. The monoisotopic (exact) mass is 657 g/mol. The molecule has 250 valence electrons. The van der Waals surface area contributed by atoms with Crippen LogP contribution in [0, 0.1) is 29.0 Å². The summed E-state index contributed by atoms with van der Waals surface area (Å²) in [7, 11) is 0. The number of hydrogen-bond acceptors (Lipinski definition) is 10. The number of pyridine rings is 1. The number of carbonyl (C=O) groups is 3.